The summed E-state index contributed by atoms with van der Waals surface area (Å²) < 4.78 is 18.6. The van der Waals surface area contributed by atoms with Gasteiger partial charge in [0.15, 0.2) is 5.17 Å². The van der Waals surface area contributed by atoms with Crippen molar-refractivity contribution < 1.29 is 13.9 Å². The molecule has 2 aliphatic heterocycles. The van der Waals surface area contributed by atoms with Crippen LogP contribution in [-0.4, -0.2) is 41.3 Å². The van der Waals surface area contributed by atoms with Gasteiger partial charge in [-0.05, 0) is 49.4 Å². The van der Waals surface area contributed by atoms with Gasteiger partial charge in [-0.25, -0.2) is 4.39 Å². The van der Waals surface area contributed by atoms with Gasteiger partial charge >= 0.3 is 0 Å². The lowest BCUT2D eigenvalue weighted by molar-refractivity contribution is -0.113. The van der Waals surface area contributed by atoms with E-state index in [4.69, 9.17) is 4.74 Å². The second-order valence-corrected chi connectivity index (χ2v) is 6.53. The van der Waals surface area contributed by atoms with Crippen LogP contribution in [0.1, 0.15) is 19.4 Å². The highest BCUT2D eigenvalue weighted by molar-refractivity contribution is 8.18. The molecule has 6 heteroatoms. The first-order valence-corrected chi connectivity index (χ1v) is 8.01. The number of aliphatic imine (C=N–C) groups is 1. The van der Waals surface area contributed by atoms with Crippen molar-refractivity contribution in [2.45, 2.75) is 26.1 Å². The number of morpholine rings is 1. The zero-order valence-corrected chi connectivity index (χ0v) is 13.3. The maximum absolute atomic E-state index is 12.9. The van der Waals surface area contributed by atoms with E-state index in [-0.39, 0.29) is 23.9 Å². The lowest BCUT2D eigenvalue weighted by atomic mass is 10.2. The molecule has 1 aromatic rings. The molecule has 116 valence electrons. The molecule has 0 radical (unpaired) electrons. The van der Waals surface area contributed by atoms with Crippen LogP contribution in [0.4, 0.5) is 4.39 Å². The van der Waals surface area contributed by atoms with Crippen LogP contribution in [0.25, 0.3) is 6.08 Å². The van der Waals surface area contributed by atoms with Crippen LogP contribution in [0, 0.1) is 5.82 Å². The number of thioether (sulfide) groups is 1. The fourth-order valence-corrected chi connectivity index (χ4v) is 3.51. The topological polar surface area (TPSA) is 41.9 Å². The monoisotopic (exact) mass is 320 g/mol. The second-order valence-electron chi connectivity index (χ2n) is 5.52. The van der Waals surface area contributed by atoms with Crippen molar-refractivity contribution in [3.8, 4) is 0 Å². The number of hydrogen-bond acceptors (Lipinski definition) is 4. The zero-order chi connectivity index (χ0) is 15.7. The molecule has 0 aromatic heterocycles. The Morgan fingerprint density at radius 1 is 1.27 bits per heavy atom. The highest BCUT2D eigenvalue weighted by Gasteiger charge is 2.30. The quantitative estimate of drug-likeness (QED) is 0.746. The average Bonchev–Trinajstić information content (AvgIpc) is 2.82. The van der Waals surface area contributed by atoms with Crippen LogP contribution >= 0.6 is 11.8 Å². The largest absolute Gasteiger partial charge is 0.372 e. The Morgan fingerprint density at radius 3 is 2.55 bits per heavy atom. The van der Waals surface area contributed by atoms with Crippen LogP contribution in [-0.2, 0) is 9.53 Å². The molecule has 0 spiro atoms. The van der Waals surface area contributed by atoms with Crippen molar-refractivity contribution in [3.05, 3.63) is 40.6 Å². The standard InChI is InChI=1S/C16H17FN2O2S/c1-10-8-19(9-11(2)21-10)16-18-15(20)14(22-16)7-12-3-5-13(17)6-4-12/h3-7,10-11H,8-9H2,1-2H3/b14-7+. The first-order chi connectivity index (χ1) is 10.5. The van der Waals surface area contributed by atoms with Gasteiger partial charge in [0.05, 0.1) is 17.1 Å². The molecule has 1 aromatic carbocycles. The Hall–Kier alpha value is -1.66. The van der Waals surface area contributed by atoms with E-state index < -0.39 is 0 Å². The minimum atomic E-state index is -0.291. The lowest BCUT2D eigenvalue weighted by Gasteiger charge is -2.35. The van der Waals surface area contributed by atoms with Gasteiger partial charge in [0, 0.05) is 13.1 Å². The second kappa shape index (κ2) is 6.22. The summed E-state index contributed by atoms with van der Waals surface area (Å²) in [7, 11) is 0. The van der Waals surface area contributed by atoms with Crippen molar-refractivity contribution in [1.82, 2.24) is 4.90 Å². The fourth-order valence-electron chi connectivity index (χ4n) is 2.58. The third-order valence-corrected chi connectivity index (χ3v) is 4.51. The Labute approximate surface area is 133 Å². The number of amidine groups is 1. The van der Waals surface area contributed by atoms with Crippen LogP contribution in [0.5, 0.6) is 0 Å². The number of ether oxygens (including phenoxy) is 1. The van der Waals surface area contributed by atoms with Crippen molar-refractivity contribution in [2.24, 2.45) is 4.99 Å². The molecule has 3 rings (SSSR count). The summed E-state index contributed by atoms with van der Waals surface area (Å²) in [6.45, 7) is 5.49. The van der Waals surface area contributed by atoms with Gasteiger partial charge in [0.25, 0.3) is 5.91 Å². The van der Waals surface area contributed by atoms with Gasteiger partial charge < -0.3 is 9.64 Å². The highest BCUT2D eigenvalue weighted by Crippen LogP contribution is 2.31. The van der Waals surface area contributed by atoms with Gasteiger partial charge in [0.1, 0.15) is 5.82 Å². The van der Waals surface area contributed by atoms with E-state index in [9.17, 15) is 9.18 Å². The summed E-state index contributed by atoms with van der Waals surface area (Å²) in [4.78, 5) is 18.9. The minimum absolute atomic E-state index is 0.118. The molecular formula is C16H17FN2O2S. The van der Waals surface area contributed by atoms with Gasteiger partial charge in [0.2, 0.25) is 0 Å². The van der Waals surface area contributed by atoms with Gasteiger partial charge in [-0.1, -0.05) is 12.1 Å². The number of carbonyl (C=O) groups excluding carboxylic acids is 1. The van der Waals surface area contributed by atoms with E-state index >= 15 is 0 Å². The Balaban J connectivity index is 1.74. The molecule has 0 aliphatic carbocycles. The first-order valence-electron chi connectivity index (χ1n) is 7.20. The van der Waals surface area contributed by atoms with E-state index in [2.05, 4.69) is 9.89 Å². The number of rotatable bonds is 1. The molecule has 2 atom stereocenters. The van der Waals surface area contributed by atoms with Crippen molar-refractivity contribution >= 4 is 28.9 Å². The van der Waals surface area contributed by atoms with E-state index in [1.165, 1.54) is 23.9 Å². The number of halogens is 1. The first kappa shape index (κ1) is 15.2. The SMILES string of the molecule is CC1CN(C2=NC(=O)/C(=C\c3ccc(F)cc3)S2)CC(C)O1. The van der Waals surface area contributed by atoms with E-state index in [1.54, 1.807) is 18.2 Å². The molecular weight excluding hydrogens is 303 g/mol. The van der Waals surface area contributed by atoms with Gasteiger partial charge in [-0.2, -0.15) is 4.99 Å². The van der Waals surface area contributed by atoms with Crippen molar-refractivity contribution in [1.29, 1.82) is 0 Å². The van der Waals surface area contributed by atoms with Crippen LogP contribution in [0.2, 0.25) is 0 Å². The number of amides is 1. The molecule has 1 saturated heterocycles. The van der Waals surface area contributed by atoms with Crippen LogP contribution in [0.3, 0.4) is 0 Å². The van der Waals surface area contributed by atoms with Crippen LogP contribution in [0.15, 0.2) is 34.2 Å². The van der Waals surface area contributed by atoms with E-state index in [1.807, 2.05) is 13.8 Å². The number of carbonyl (C=O) groups is 1. The maximum Gasteiger partial charge on any atom is 0.286 e. The summed E-state index contributed by atoms with van der Waals surface area (Å²) in [5.74, 6) is -0.531. The summed E-state index contributed by atoms with van der Waals surface area (Å²) in [5, 5.41) is 0.723. The number of benzene rings is 1. The fraction of sp³-hybridized carbons (Fsp3) is 0.375. The zero-order valence-electron chi connectivity index (χ0n) is 12.5. The average molecular weight is 320 g/mol. The smallest absolute Gasteiger partial charge is 0.286 e. The number of hydrogen-bond donors (Lipinski definition) is 0. The highest BCUT2D eigenvalue weighted by atomic mass is 32.2. The summed E-state index contributed by atoms with van der Waals surface area (Å²) in [6.07, 6.45) is 1.98. The molecule has 0 saturated carbocycles. The third kappa shape index (κ3) is 3.39. The molecule has 4 nitrogen and oxygen atoms in total. The predicted molar refractivity (Wildman–Crippen MR) is 86.0 cm³/mol. The number of nitrogens with zero attached hydrogens (tertiary/aromatic N) is 2. The summed E-state index contributed by atoms with van der Waals surface area (Å²) >= 11 is 1.37. The molecule has 1 fully saturated rings. The van der Waals surface area contributed by atoms with Gasteiger partial charge in [-0.3, -0.25) is 4.79 Å². The third-order valence-electron chi connectivity index (χ3n) is 3.47. The van der Waals surface area contributed by atoms with Crippen molar-refractivity contribution in [2.75, 3.05) is 13.1 Å². The van der Waals surface area contributed by atoms with Crippen molar-refractivity contribution in [3.63, 3.8) is 0 Å². The Morgan fingerprint density at radius 2 is 1.91 bits per heavy atom. The van der Waals surface area contributed by atoms with Gasteiger partial charge in [-0.15, -0.1) is 0 Å². The molecule has 0 N–H and O–H groups in total. The lowest BCUT2D eigenvalue weighted by Crippen LogP contribution is -2.47. The maximum atomic E-state index is 12.9. The molecule has 2 unspecified atom stereocenters. The normalized spacial score (nSPS) is 27.4. The summed E-state index contributed by atoms with van der Waals surface area (Å²) in [6, 6.07) is 6.05. The summed E-state index contributed by atoms with van der Waals surface area (Å²) in [5.41, 5.74) is 0.789. The van der Waals surface area contributed by atoms with E-state index in [0.717, 1.165) is 23.8 Å². The molecule has 1 amide bonds. The Bertz CT molecular complexity index is 632. The molecule has 2 aliphatic rings. The molecule has 0 bridgehead atoms. The predicted octanol–water partition coefficient (Wildman–Crippen LogP) is 2.91. The molecule has 2 heterocycles. The van der Waals surface area contributed by atoms with Crippen LogP contribution < -0.4 is 0 Å². The Kier molecular flexibility index (Phi) is 4.31. The van der Waals surface area contributed by atoms with E-state index in [0.29, 0.717) is 4.91 Å². The minimum Gasteiger partial charge on any atom is -0.372 e. The molecule has 22 heavy (non-hydrogen) atoms.